The predicted octanol–water partition coefficient (Wildman–Crippen LogP) is 5.95. The molecule has 2 amide bonds. The lowest BCUT2D eigenvalue weighted by Crippen LogP contribution is -2.40. The molecule has 5 rings (SSSR count). The Morgan fingerprint density at radius 3 is 2.02 bits per heavy atom. The Morgan fingerprint density at radius 2 is 1.44 bits per heavy atom. The van der Waals surface area contributed by atoms with Gasteiger partial charge in [0.05, 0.1) is 10.6 Å². The molecule has 220 valence electrons. The number of nitrogens with zero attached hydrogens (tertiary/aromatic N) is 3. The maximum absolute atomic E-state index is 13.7. The topological polar surface area (TPSA) is 64.1 Å². The number of aliphatic hydroxyl groups is 1. The number of likely N-dealkylation sites (tertiary alicyclic amines) is 2. The summed E-state index contributed by atoms with van der Waals surface area (Å²) in [5.41, 5.74) is 1.31. The zero-order chi connectivity index (χ0) is 28.9. The third kappa shape index (κ3) is 6.92. The zero-order valence-corrected chi connectivity index (χ0v) is 24.0. The van der Waals surface area contributed by atoms with Gasteiger partial charge >= 0.3 is 0 Å². The summed E-state index contributed by atoms with van der Waals surface area (Å²) in [4.78, 5) is 31.5. The summed E-state index contributed by atoms with van der Waals surface area (Å²) in [6.07, 6.45) is 3.76. The van der Waals surface area contributed by atoms with E-state index in [0.717, 1.165) is 57.3 Å². The summed E-state index contributed by atoms with van der Waals surface area (Å²) in [5, 5.41) is 9.83. The number of hydrogen-bond acceptors (Lipinski definition) is 4. The number of amides is 2. The summed E-state index contributed by atoms with van der Waals surface area (Å²) >= 11 is 6.56. The fraction of sp³-hybridized carbons (Fsp3) is 0.500. The van der Waals surface area contributed by atoms with E-state index in [1.165, 1.54) is 0 Å². The van der Waals surface area contributed by atoms with Crippen molar-refractivity contribution in [3.05, 3.63) is 70.8 Å². The molecular formula is C32H38ClF2N3O3. The molecule has 0 spiro atoms. The van der Waals surface area contributed by atoms with Crippen LogP contribution in [0.4, 0.5) is 14.5 Å². The lowest BCUT2D eigenvalue weighted by Gasteiger charge is -2.37. The number of carbonyl (C=O) groups is 2. The summed E-state index contributed by atoms with van der Waals surface area (Å²) in [6.45, 7) is 4.15. The number of carbonyl (C=O) groups excluding carboxylic acids is 2. The first-order chi connectivity index (χ1) is 19.8. The third-order valence-corrected chi connectivity index (χ3v) is 9.34. The van der Waals surface area contributed by atoms with Crippen molar-refractivity contribution < 1.29 is 23.5 Å². The van der Waals surface area contributed by atoms with Crippen LogP contribution in [0, 0.1) is 17.8 Å². The molecule has 0 radical (unpaired) electrons. The van der Waals surface area contributed by atoms with Gasteiger partial charge < -0.3 is 19.8 Å². The van der Waals surface area contributed by atoms with Crippen molar-refractivity contribution in [2.24, 2.45) is 17.8 Å². The maximum Gasteiger partial charge on any atom is 0.283 e. The number of piperidine rings is 2. The smallest absolute Gasteiger partial charge is 0.283 e. The first-order valence-corrected chi connectivity index (χ1v) is 15.1. The molecular weight excluding hydrogens is 548 g/mol. The molecule has 41 heavy (non-hydrogen) atoms. The van der Waals surface area contributed by atoms with Gasteiger partial charge in [0.25, 0.3) is 17.9 Å². The van der Waals surface area contributed by atoms with Crippen LogP contribution in [0.1, 0.15) is 54.4 Å². The van der Waals surface area contributed by atoms with Gasteiger partial charge in [-0.05, 0) is 74.1 Å². The van der Waals surface area contributed by atoms with Crippen molar-refractivity contribution in [1.29, 1.82) is 0 Å². The van der Waals surface area contributed by atoms with Crippen LogP contribution in [0.15, 0.2) is 54.6 Å². The number of benzene rings is 2. The fourth-order valence-corrected chi connectivity index (χ4v) is 6.81. The second kappa shape index (κ2) is 13.3. The molecule has 3 aliphatic heterocycles. The van der Waals surface area contributed by atoms with E-state index < -0.39 is 17.6 Å². The first-order valence-electron chi connectivity index (χ1n) is 14.7. The Balaban J connectivity index is 1.09. The average Bonchev–Trinajstić information content (AvgIpc) is 3.48. The summed E-state index contributed by atoms with van der Waals surface area (Å²) in [5.74, 6) is 0.567. The molecule has 0 unspecified atom stereocenters. The van der Waals surface area contributed by atoms with Crippen molar-refractivity contribution >= 4 is 34.7 Å². The molecule has 0 saturated carbocycles. The van der Waals surface area contributed by atoms with Gasteiger partial charge in [0.1, 0.15) is 5.57 Å². The molecule has 9 heteroatoms. The lowest BCUT2D eigenvalue weighted by atomic mass is 9.82. The largest absolute Gasteiger partial charge is 0.396 e. The van der Waals surface area contributed by atoms with Crippen LogP contribution >= 0.6 is 11.6 Å². The van der Waals surface area contributed by atoms with Crippen LogP contribution in [-0.2, 0) is 4.79 Å². The minimum atomic E-state index is -1.93. The van der Waals surface area contributed by atoms with Gasteiger partial charge in [-0.25, -0.2) is 0 Å². The number of anilines is 1. The Morgan fingerprint density at radius 1 is 0.829 bits per heavy atom. The Labute approximate surface area is 245 Å². The molecule has 3 heterocycles. The first kappa shape index (κ1) is 29.5. The van der Waals surface area contributed by atoms with Crippen LogP contribution in [0.25, 0.3) is 5.57 Å². The molecule has 1 N–H and O–H groups in total. The minimum absolute atomic E-state index is 0.0777. The summed E-state index contributed by atoms with van der Waals surface area (Å²) in [6, 6.07) is 13.9. The SMILES string of the molecule is O=C(C(=C(F)F)c1ccccc1)N1CCC(CC2CCN(c3ccc(C(=O)N4CC[C@@H](CO)C4)c(Cl)c3)CC2)CC1. The zero-order valence-electron chi connectivity index (χ0n) is 23.3. The summed E-state index contributed by atoms with van der Waals surface area (Å²) in [7, 11) is 0. The van der Waals surface area contributed by atoms with Gasteiger partial charge in [-0.3, -0.25) is 9.59 Å². The standard InChI is InChI=1S/C32H38ClF2N3O3/c33-28-19-26(6-7-27(28)31(40)38-17-12-24(20-38)21-39)36-13-8-22(9-14-36)18-23-10-15-37(16-11-23)32(41)29(30(34)35)25-4-2-1-3-5-25/h1-7,19,22-24,39H,8-18,20-21H2/t24-/m1/s1. The van der Waals surface area contributed by atoms with Gasteiger partial charge in [-0.15, -0.1) is 0 Å². The molecule has 6 nitrogen and oxygen atoms in total. The highest BCUT2D eigenvalue weighted by Gasteiger charge is 2.31. The van der Waals surface area contributed by atoms with Gasteiger partial charge in [-0.1, -0.05) is 41.9 Å². The molecule has 1 atom stereocenters. The van der Waals surface area contributed by atoms with E-state index in [-0.39, 0.29) is 24.0 Å². The predicted molar refractivity (Wildman–Crippen MR) is 157 cm³/mol. The van der Waals surface area contributed by atoms with Crippen molar-refractivity contribution in [2.45, 2.75) is 38.5 Å². The highest BCUT2D eigenvalue weighted by molar-refractivity contribution is 6.34. The number of hydrogen-bond donors (Lipinski definition) is 1. The van der Waals surface area contributed by atoms with Crippen LogP contribution in [-0.4, -0.2) is 72.6 Å². The van der Waals surface area contributed by atoms with E-state index in [1.807, 2.05) is 18.2 Å². The molecule has 0 aromatic heterocycles. The fourth-order valence-electron chi connectivity index (χ4n) is 6.56. The average molecular weight is 586 g/mol. The van der Waals surface area contributed by atoms with Gasteiger partial charge in [0, 0.05) is 57.5 Å². The van der Waals surface area contributed by atoms with Crippen LogP contribution in [0.3, 0.4) is 0 Å². The van der Waals surface area contributed by atoms with Crippen LogP contribution in [0.2, 0.25) is 5.02 Å². The molecule has 2 aromatic rings. The molecule has 3 aliphatic rings. The van der Waals surface area contributed by atoms with E-state index in [2.05, 4.69) is 4.90 Å². The quantitative estimate of drug-likeness (QED) is 0.408. The van der Waals surface area contributed by atoms with Crippen molar-refractivity contribution in [3.63, 3.8) is 0 Å². The van der Waals surface area contributed by atoms with Crippen molar-refractivity contribution in [2.75, 3.05) is 50.8 Å². The molecule has 0 bridgehead atoms. The van der Waals surface area contributed by atoms with Crippen molar-refractivity contribution in [3.8, 4) is 0 Å². The minimum Gasteiger partial charge on any atom is -0.396 e. The van der Waals surface area contributed by atoms with Gasteiger partial charge in [-0.2, -0.15) is 8.78 Å². The molecule has 3 saturated heterocycles. The van der Waals surface area contributed by atoms with Gasteiger partial charge in [0.15, 0.2) is 0 Å². The van der Waals surface area contributed by atoms with Crippen molar-refractivity contribution in [1.82, 2.24) is 9.80 Å². The van der Waals surface area contributed by atoms with Crippen LogP contribution < -0.4 is 4.90 Å². The Bertz CT molecular complexity index is 1250. The lowest BCUT2D eigenvalue weighted by molar-refractivity contribution is -0.126. The second-order valence-corrected chi connectivity index (χ2v) is 12.1. The molecule has 2 aromatic carbocycles. The maximum atomic E-state index is 13.7. The highest BCUT2D eigenvalue weighted by atomic mass is 35.5. The van der Waals surface area contributed by atoms with Gasteiger partial charge in [0.2, 0.25) is 0 Å². The normalized spacial score (nSPS) is 20.4. The summed E-state index contributed by atoms with van der Waals surface area (Å²) < 4.78 is 27.4. The monoisotopic (exact) mass is 585 g/mol. The number of halogens is 3. The molecule has 3 fully saturated rings. The van der Waals surface area contributed by atoms with E-state index in [4.69, 9.17) is 11.6 Å². The Hall–Kier alpha value is -2.97. The highest BCUT2D eigenvalue weighted by Crippen LogP contribution is 2.34. The van der Waals surface area contributed by atoms with E-state index in [9.17, 15) is 23.5 Å². The van der Waals surface area contributed by atoms with E-state index in [1.54, 1.807) is 40.1 Å². The second-order valence-electron chi connectivity index (χ2n) is 11.7. The number of aliphatic hydroxyl groups excluding tert-OH is 1. The molecule has 0 aliphatic carbocycles. The number of rotatable bonds is 7. The Kier molecular flexibility index (Phi) is 9.60. The third-order valence-electron chi connectivity index (χ3n) is 9.03. The van der Waals surface area contributed by atoms with E-state index >= 15 is 0 Å². The van der Waals surface area contributed by atoms with Crippen LogP contribution in [0.5, 0.6) is 0 Å². The van der Waals surface area contributed by atoms with E-state index in [0.29, 0.717) is 48.6 Å².